The highest BCUT2D eigenvalue weighted by atomic mass is 16.1. The summed E-state index contributed by atoms with van der Waals surface area (Å²) in [6, 6.07) is 0.305. The first-order valence-electron chi connectivity index (χ1n) is 4.14. The fourth-order valence-corrected chi connectivity index (χ4v) is 0.688. The first-order valence-corrected chi connectivity index (χ1v) is 4.14. The van der Waals surface area contributed by atoms with Crippen LogP contribution in [0.3, 0.4) is 0 Å². The zero-order valence-corrected chi connectivity index (χ0v) is 7.61. The number of hydrogen-bond acceptors (Lipinski definition) is 2. The zero-order chi connectivity index (χ0) is 8.69. The van der Waals surface area contributed by atoms with Crippen LogP contribution in [0.15, 0.2) is 0 Å². The van der Waals surface area contributed by atoms with Gasteiger partial charge in [-0.15, -0.1) is 0 Å². The van der Waals surface area contributed by atoms with Gasteiger partial charge in [-0.05, 0) is 20.4 Å². The summed E-state index contributed by atoms with van der Waals surface area (Å²) >= 11 is 0. The Hall–Kier alpha value is -0.570. The second-order valence-corrected chi connectivity index (χ2v) is 2.73. The highest BCUT2D eigenvalue weighted by Gasteiger charge is 2.03. The molecule has 11 heavy (non-hydrogen) atoms. The molecule has 0 aromatic carbocycles. The average Bonchev–Trinajstić information content (AvgIpc) is 2.00. The molecule has 0 aromatic heterocycles. The molecule has 0 aliphatic carbocycles. The summed E-state index contributed by atoms with van der Waals surface area (Å²) in [6.45, 7) is 4.82. The van der Waals surface area contributed by atoms with Crippen LogP contribution in [0.25, 0.3) is 0 Å². The van der Waals surface area contributed by atoms with Crippen molar-refractivity contribution in [3.63, 3.8) is 0 Å². The third kappa shape index (κ3) is 5.85. The minimum absolute atomic E-state index is 0.133. The largest absolute Gasteiger partial charge is 0.354 e. The molecule has 0 saturated heterocycles. The lowest BCUT2D eigenvalue weighted by Gasteiger charge is -2.10. The van der Waals surface area contributed by atoms with Gasteiger partial charge in [0.15, 0.2) is 0 Å². The molecule has 0 aliphatic rings. The highest BCUT2D eigenvalue weighted by molar-refractivity contribution is 5.76. The molecular formula is C8H18N2O. The minimum Gasteiger partial charge on any atom is -0.354 e. The SMILES string of the molecule is CCC(C)NC(=O)CCNC. The number of amides is 1. The van der Waals surface area contributed by atoms with Crippen LogP contribution in [0.5, 0.6) is 0 Å². The van der Waals surface area contributed by atoms with E-state index in [4.69, 9.17) is 0 Å². The van der Waals surface area contributed by atoms with Gasteiger partial charge in [0.1, 0.15) is 0 Å². The van der Waals surface area contributed by atoms with Gasteiger partial charge in [-0.3, -0.25) is 4.79 Å². The maximum Gasteiger partial charge on any atom is 0.221 e. The van der Waals surface area contributed by atoms with E-state index in [-0.39, 0.29) is 5.91 Å². The van der Waals surface area contributed by atoms with E-state index in [9.17, 15) is 4.79 Å². The number of hydrogen-bond donors (Lipinski definition) is 2. The molecular weight excluding hydrogens is 140 g/mol. The van der Waals surface area contributed by atoms with Crippen molar-refractivity contribution >= 4 is 5.91 Å². The molecule has 1 amide bonds. The monoisotopic (exact) mass is 158 g/mol. The van der Waals surface area contributed by atoms with Crippen LogP contribution in [0.1, 0.15) is 26.7 Å². The standard InChI is InChI=1S/C8H18N2O/c1-4-7(2)10-8(11)5-6-9-3/h7,9H,4-6H2,1-3H3,(H,10,11). The Morgan fingerprint density at radius 2 is 2.18 bits per heavy atom. The predicted molar refractivity (Wildman–Crippen MR) is 46.4 cm³/mol. The van der Waals surface area contributed by atoms with E-state index >= 15 is 0 Å². The maximum atomic E-state index is 11.0. The van der Waals surface area contributed by atoms with E-state index in [1.54, 1.807) is 0 Å². The summed E-state index contributed by atoms with van der Waals surface area (Å²) in [5, 5.41) is 5.81. The van der Waals surface area contributed by atoms with Crippen molar-refractivity contribution in [2.75, 3.05) is 13.6 Å². The summed E-state index contributed by atoms with van der Waals surface area (Å²) in [7, 11) is 1.84. The van der Waals surface area contributed by atoms with E-state index in [0.717, 1.165) is 13.0 Å². The van der Waals surface area contributed by atoms with Crippen molar-refractivity contribution in [1.29, 1.82) is 0 Å². The smallest absolute Gasteiger partial charge is 0.221 e. The van der Waals surface area contributed by atoms with Gasteiger partial charge in [0, 0.05) is 19.0 Å². The number of nitrogens with one attached hydrogen (secondary N) is 2. The summed E-state index contributed by atoms with van der Waals surface area (Å²) in [4.78, 5) is 11.0. The van der Waals surface area contributed by atoms with Crippen LogP contribution in [-0.2, 0) is 4.79 Å². The normalized spacial score (nSPS) is 12.6. The Bertz CT molecular complexity index is 115. The molecule has 1 unspecified atom stereocenters. The van der Waals surface area contributed by atoms with Crippen molar-refractivity contribution < 1.29 is 4.79 Å². The zero-order valence-electron chi connectivity index (χ0n) is 7.61. The molecule has 0 radical (unpaired) electrons. The van der Waals surface area contributed by atoms with Gasteiger partial charge >= 0.3 is 0 Å². The van der Waals surface area contributed by atoms with E-state index in [1.165, 1.54) is 0 Å². The molecule has 66 valence electrons. The van der Waals surface area contributed by atoms with Crippen LogP contribution in [0.2, 0.25) is 0 Å². The first-order chi connectivity index (χ1) is 5.20. The van der Waals surface area contributed by atoms with Gasteiger partial charge in [-0.1, -0.05) is 6.92 Å². The lowest BCUT2D eigenvalue weighted by molar-refractivity contribution is -0.121. The lowest BCUT2D eigenvalue weighted by Crippen LogP contribution is -2.33. The molecule has 0 fully saturated rings. The second kappa shape index (κ2) is 6.16. The second-order valence-electron chi connectivity index (χ2n) is 2.73. The molecule has 0 saturated carbocycles. The van der Waals surface area contributed by atoms with Crippen molar-refractivity contribution in [3.05, 3.63) is 0 Å². The quantitative estimate of drug-likeness (QED) is 0.612. The molecule has 0 aromatic rings. The van der Waals surface area contributed by atoms with Crippen LogP contribution in [0.4, 0.5) is 0 Å². The van der Waals surface area contributed by atoms with Gasteiger partial charge in [0.25, 0.3) is 0 Å². The van der Waals surface area contributed by atoms with Crippen molar-refractivity contribution in [2.24, 2.45) is 0 Å². The topological polar surface area (TPSA) is 41.1 Å². The third-order valence-corrected chi connectivity index (χ3v) is 1.62. The van der Waals surface area contributed by atoms with Crippen LogP contribution >= 0.6 is 0 Å². The van der Waals surface area contributed by atoms with Crippen LogP contribution in [0, 0.1) is 0 Å². The number of carbonyl (C=O) groups is 1. The molecule has 1 atom stereocenters. The van der Waals surface area contributed by atoms with E-state index in [0.29, 0.717) is 12.5 Å². The van der Waals surface area contributed by atoms with E-state index in [1.807, 2.05) is 14.0 Å². The predicted octanol–water partition coefficient (Wildman–Crippen LogP) is 0.511. The molecule has 0 heterocycles. The maximum absolute atomic E-state index is 11.0. The molecule has 2 N–H and O–H groups in total. The molecule has 3 nitrogen and oxygen atoms in total. The summed E-state index contributed by atoms with van der Waals surface area (Å²) in [5.74, 6) is 0.133. The van der Waals surface area contributed by atoms with E-state index in [2.05, 4.69) is 17.6 Å². The fourth-order valence-electron chi connectivity index (χ4n) is 0.688. The Kier molecular flexibility index (Phi) is 5.84. The molecule has 0 spiro atoms. The van der Waals surface area contributed by atoms with Gasteiger partial charge in [-0.2, -0.15) is 0 Å². The summed E-state index contributed by atoms with van der Waals surface area (Å²) in [6.07, 6.45) is 1.56. The van der Waals surface area contributed by atoms with Crippen LogP contribution < -0.4 is 10.6 Å². The van der Waals surface area contributed by atoms with Gasteiger partial charge in [-0.25, -0.2) is 0 Å². The minimum atomic E-state index is 0.133. The van der Waals surface area contributed by atoms with Crippen molar-refractivity contribution in [1.82, 2.24) is 10.6 Å². The number of rotatable bonds is 5. The lowest BCUT2D eigenvalue weighted by atomic mass is 10.2. The molecule has 0 bridgehead atoms. The Labute approximate surface area is 68.6 Å². The Balaban J connectivity index is 3.36. The Morgan fingerprint density at radius 3 is 2.64 bits per heavy atom. The van der Waals surface area contributed by atoms with Gasteiger partial charge in [0.05, 0.1) is 0 Å². The number of carbonyl (C=O) groups excluding carboxylic acids is 1. The first kappa shape index (κ1) is 10.4. The summed E-state index contributed by atoms with van der Waals surface area (Å²) in [5.41, 5.74) is 0. The van der Waals surface area contributed by atoms with E-state index < -0.39 is 0 Å². The molecule has 0 rings (SSSR count). The van der Waals surface area contributed by atoms with Crippen molar-refractivity contribution in [2.45, 2.75) is 32.7 Å². The highest BCUT2D eigenvalue weighted by Crippen LogP contribution is 1.88. The molecule has 0 aliphatic heterocycles. The fraction of sp³-hybridized carbons (Fsp3) is 0.875. The average molecular weight is 158 g/mol. The van der Waals surface area contributed by atoms with Gasteiger partial charge in [0.2, 0.25) is 5.91 Å². The van der Waals surface area contributed by atoms with Crippen molar-refractivity contribution in [3.8, 4) is 0 Å². The molecule has 3 heteroatoms. The Morgan fingerprint density at radius 1 is 1.55 bits per heavy atom. The van der Waals surface area contributed by atoms with Gasteiger partial charge < -0.3 is 10.6 Å². The van der Waals surface area contributed by atoms with Crippen LogP contribution in [-0.4, -0.2) is 25.5 Å². The third-order valence-electron chi connectivity index (χ3n) is 1.62. The summed E-state index contributed by atoms with van der Waals surface area (Å²) < 4.78 is 0.